The predicted molar refractivity (Wildman–Crippen MR) is 94.2 cm³/mol. The molecule has 1 aromatic carbocycles. The third kappa shape index (κ3) is 2.90. The standard InChI is InChI=1S/C20H26N2O2/c1-13(21)20(2,17-11-14-8-9-16(17)10-14)19(24)22-12-18(23)15-6-4-3-5-7-15/h3-7,14,16-17,21H,8-12H2,1-2H3,(H,22,24). The third-order valence-corrected chi connectivity index (χ3v) is 6.24. The Hall–Kier alpha value is -1.97. The molecule has 0 saturated heterocycles. The third-order valence-electron chi connectivity index (χ3n) is 6.24. The Balaban J connectivity index is 1.69. The second-order valence-corrected chi connectivity index (χ2v) is 7.58. The van der Waals surface area contributed by atoms with E-state index in [1.54, 1.807) is 19.1 Å². The molecule has 0 aromatic heterocycles. The van der Waals surface area contributed by atoms with Gasteiger partial charge in [0.15, 0.2) is 5.78 Å². The van der Waals surface area contributed by atoms with Crippen LogP contribution in [0, 0.1) is 28.6 Å². The number of ketones is 1. The van der Waals surface area contributed by atoms with Gasteiger partial charge in [-0.2, -0.15) is 0 Å². The molecule has 0 heterocycles. The number of carbonyl (C=O) groups is 2. The minimum atomic E-state index is -0.795. The smallest absolute Gasteiger partial charge is 0.232 e. The van der Waals surface area contributed by atoms with Gasteiger partial charge < -0.3 is 10.7 Å². The molecule has 2 bridgehead atoms. The average molecular weight is 326 g/mol. The topological polar surface area (TPSA) is 70.0 Å². The van der Waals surface area contributed by atoms with Crippen LogP contribution in [0.2, 0.25) is 0 Å². The van der Waals surface area contributed by atoms with Crippen LogP contribution in [0.15, 0.2) is 30.3 Å². The van der Waals surface area contributed by atoms with E-state index in [0.717, 1.165) is 12.3 Å². The van der Waals surface area contributed by atoms with E-state index in [1.165, 1.54) is 19.3 Å². The lowest BCUT2D eigenvalue weighted by Crippen LogP contribution is -2.50. The van der Waals surface area contributed by atoms with Crippen molar-refractivity contribution in [3.05, 3.63) is 35.9 Å². The molecule has 1 amide bonds. The zero-order chi connectivity index (χ0) is 17.3. The van der Waals surface area contributed by atoms with Crippen LogP contribution in [-0.4, -0.2) is 23.9 Å². The highest BCUT2D eigenvalue weighted by Gasteiger charge is 2.52. The summed E-state index contributed by atoms with van der Waals surface area (Å²) >= 11 is 0. The first kappa shape index (κ1) is 16.9. The molecule has 24 heavy (non-hydrogen) atoms. The van der Waals surface area contributed by atoms with Crippen LogP contribution in [0.4, 0.5) is 0 Å². The SMILES string of the molecule is CC(=N)C(C)(C(=O)NCC(=O)c1ccccc1)C1CC2CCC1C2. The number of amides is 1. The average Bonchev–Trinajstić information content (AvgIpc) is 3.22. The van der Waals surface area contributed by atoms with Crippen LogP contribution in [0.25, 0.3) is 0 Å². The van der Waals surface area contributed by atoms with Gasteiger partial charge >= 0.3 is 0 Å². The fourth-order valence-corrected chi connectivity index (χ4v) is 4.64. The number of hydrogen-bond acceptors (Lipinski definition) is 3. The van der Waals surface area contributed by atoms with Crippen molar-refractivity contribution in [2.45, 2.75) is 39.5 Å². The Morgan fingerprint density at radius 3 is 2.46 bits per heavy atom. The summed E-state index contributed by atoms with van der Waals surface area (Å²) in [4.78, 5) is 25.1. The van der Waals surface area contributed by atoms with E-state index in [-0.39, 0.29) is 24.2 Å². The summed E-state index contributed by atoms with van der Waals surface area (Å²) in [7, 11) is 0. The van der Waals surface area contributed by atoms with Gasteiger partial charge in [0.05, 0.1) is 12.0 Å². The molecule has 3 rings (SSSR count). The number of carbonyl (C=O) groups excluding carboxylic acids is 2. The Bertz CT molecular complexity index is 655. The van der Waals surface area contributed by atoms with Gasteiger partial charge in [0, 0.05) is 11.3 Å². The first-order chi connectivity index (χ1) is 11.4. The molecule has 128 valence electrons. The highest BCUT2D eigenvalue weighted by molar-refractivity contribution is 6.08. The molecule has 0 radical (unpaired) electrons. The summed E-state index contributed by atoms with van der Waals surface area (Å²) in [6, 6.07) is 9.00. The summed E-state index contributed by atoms with van der Waals surface area (Å²) in [5.74, 6) is 1.24. The lowest BCUT2D eigenvalue weighted by molar-refractivity contribution is -0.129. The number of hydrogen-bond donors (Lipinski definition) is 2. The quantitative estimate of drug-likeness (QED) is 0.621. The lowest BCUT2D eigenvalue weighted by Gasteiger charge is -2.38. The summed E-state index contributed by atoms with van der Waals surface area (Å²) < 4.78 is 0. The second kappa shape index (κ2) is 6.50. The summed E-state index contributed by atoms with van der Waals surface area (Å²) in [5, 5.41) is 11.0. The van der Waals surface area contributed by atoms with Crippen molar-refractivity contribution in [1.29, 1.82) is 5.41 Å². The fraction of sp³-hybridized carbons (Fsp3) is 0.550. The highest BCUT2D eigenvalue weighted by atomic mass is 16.2. The number of Topliss-reactive ketones (excluding diaryl/α,β-unsaturated/α-hetero) is 1. The van der Waals surface area contributed by atoms with Crippen LogP contribution in [0.5, 0.6) is 0 Å². The molecule has 2 aliphatic carbocycles. The second-order valence-electron chi connectivity index (χ2n) is 7.58. The maximum absolute atomic E-state index is 12.9. The minimum absolute atomic E-state index is 0.00741. The first-order valence-corrected chi connectivity index (χ1v) is 8.85. The van der Waals surface area contributed by atoms with E-state index >= 15 is 0 Å². The molecule has 1 aromatic rings. The van der Waals surface area contributed by atoms with Crippen LogP contribution >= 0.6 is 0 Å². The molecule has 4 unspecified atom stereocenters. The Kier molecular flexibility index (Phi) is 4.57. The van der Waals surface area contributed by atoms with E-state index in [4.69, 9.17) is 5.41 Å². The number of nitrogens with one attached hydrogen (secondary N) is 2. The largest absolute Gasteiger partial charge is 0.348 e. The molecule has 0 spiro atoms. The van der Waals surface area contributed by atoms with Gasteiger partial charge in [-0.3, -0.25) is 9.59 Å². The normalized spacial score (nSPS) is 27.5. The monoisotopic (exact) mass is 326 g/mol. The molecule has 4 heteroatoms. The number of rotatable bonds is 6. The molecule has 4 nitrogen and oxygen atoms in total. The zero-order valence-electron chi connectivity index (χ0n) is 14.5. The molecule has 0 aliphatic heterocycles. The highest BCUT2D eigenvalue weighted by Crippen LogP contribution is 2.55. The van der Waals surface area contributed by atoms with Crippen LogP contribution < -0.4 is 5.32 Å². The molecule has 2 saturated carbocycles. The van der Waals surface area contributed by atoms with E-state index in [0.29, 0.717) is 17.2 Å². The van der Waals surface area contributed by atoms with Crippen molar-refractivity contribution in [3.63, 3.8) is 0 Å². The van der Waals surface area contributed by atoms with Gasteiger partial charge in [-0.15, -0.1) is 0 Å². The Morgan fingerprint density at radius 2 is 1.92 bits per heavy atom. The first-order valence-electron chi connectivity index (χ1n) is 8.85. The maximum atomic E-state index is 12.9. The van der Waals surface area contributed by atoms with Gasteiger partial charge in [-0.25, -0.2) is 0 Å². The van der Waals surface area contributed by atoms with Crippen molar-refractivity contribution >= 4 is 17.4 Å². The number of fused-ring (bicyclic) bond motifs is 2. The van der Waals surface area contributed by atoms with Gasteiger partial charge in [0.25, 0.3) is 0 Å². The summed E-state index contributed by atoms with van der Waals surface area (Å²) in [5.41, 5.74) is 0.215. The van der Waals surface area contributed by atoms with Crippen molar-refractivity contribution in [3.8, 4) is 0 Å². The summed E-state index contributed by atoms with van der Waals surface area (Å²) in [6.45, 7) is 3.61. The molecular weight excluding hydrogens is 300 g/mol. The predicted octanol–water partition coefficient (Wildman–Crippen LogP) is 3.47. The van der Waals surface area contributed by atoms with Crippen LogP contribution in [-0.2, 0) is 4.79 Å². The van der Waals surface area contributed by atoms with Crippen molar-refractivity contribution in [2.75, 3.05) is 6.54 Å². The lowest BCUT2D eigenvalue weighted by atomic mass is 9.66. The Morgan fingerprint density at radius 1 is 1.21 bits per heavy atom. The van der Waals surface area contributed by atoms with Gasteiger partial charge in [-0.1, -0.05) is 36.8 Å². The van der Waals surface area contributed by atoms with Crippen molar-refractivity contribution < 1.29 is 9.59 Å². The fourth-order valence-electron chi connectivity index (χ4n) is 4.64. The van der Waals surface area contributed by atoms with Crippen molar-refractivity contribution in [1.82, 2.24) is 5.32 Å². The molecule has 2 fully saturated rings. The molecule has 2 aliphatic rings. The van der Waals surface area contributed by atoms with Crippen LogP contribution in [0.1, 0.15) is 49.9 Å². The minimum Gasteiger partial charge on any atom is -0.348 e. The van der Waals surface area contributed by atoms with Gasteiger partial charge in [-0.05, 0) is 50.9 Å². The zero-order valence-corrected chi connectivity index (χ0v) is 14.5. The molecule has 4 atom stereocenters. The molecule has 2 N–H and O–H groups in total. The Labute approximate surface area is 143 Å². The van der Waals surface area contributed by atoms with Crippen molar-refractivity contribution in [2.24, 2.45) is 23.2 Å². The van der Waals surface area contributed by atoms with Gasteiger partial charge in [0.1, 0.15) is 0 Å². The van der Waals surface area contributed by atoms with Crippen LogP contribution in [0.3, 0.4) is 0 Å². The molecular formula is C20H26N2O2. The van der Waals surface area contributed by atoms with E-state index in [1.807, 2.05) is 25.1 Å². The number of benzene rings is 1. The maximum Gasteiger partial charge on any atom is 0.232 e. The van der Waals surface area contributed by atoms with Gasteiger partial charge in [0.2, 0.25) is 5.91 Å². The van der Waals surface area contributed by atoms with E-state index in [9.17, 15) is 9.59 Å². The van der Waals surface area contributed by atoms with E-state index < -0.39 is 5.41 Å². The summed E-state index contributed by atoms with van der Waals surface area (Å²) in [6.07, 6.45) is 4.68. The van der Waals surface area contributed by atoms with E-state index in [2.05, 4.69) is 5.32 Å².